The maximum Gasteiger partial charge on any atom is 0.250 e. The summed E-state index contributed by atoms with van der Waals surface area (Å²) < 4.78 is 0. The van der Waals surface area contributed by atoms with Crippen molar-refractivity contribution in [3.05, 3.63) is 65.5 Å². The second kappa shape index (κ2) is 6.72. The minimum Gasteiger partial charge on any atom is -0.366 e. The first-order valence-electron chi connectivity index (χ1n) is 8.73. The number of nitrogens with zero attached hydrogens (tertiary/aromatic N) is 2. The fourth-order valence-corrected chi connectivity index (χ4v) is 3.63. The summed E-state index contributed by atoms with van der Waals surface area (Å²) in [4.78, 5) is 20.8. The number of nitrogens with one attached hydrogen (secondary N) is 2. The Hall–Kier alpha value is -2.99. The average Bonchev–Trinajstić information content (AvgIpc) is 3.10. The first-order chi connectivity index (χ1) is 12.6. The molecule has 26 heavy (non-hydrogen) atoms. The predicted octanol–water partition coefficient (Wildman–Crippen LogP) is 2.20. The number of para-hydroxylation sites is 1. The van der Waals surface area contributed by atoms with E-state index in [0.717, 1.165) is 24.3 Å². The van der Waals surface area contributed by atoms with Gasteiger partial charge in [-0.3, -0.25) is 4.79 Å². The molecule has 0 saturated carbocycles. The van der Waals surface area contributed by atoms with E-state index < -0.39 is 5.91 Å². The number of anilines is 1. The van der Waals surface area contributed by atoms with Crippen molar-refractivity contribution in [3.8, 4) is 0 Å². The van der Waals surface area contributed by atoms with E-state index in [0.29, 0.717) is 22.8 Å². The Morgan fingerprint density at radius 1 is 1.12 bits per heavy atom. The van der Waals surface area contributed by atoms with Crippen molar-refractivity contribution in [1.29, 1.82) is 0 Å². The molecule has 3 aromatic rings. The van der Waals surface area contributed by atoms with Crippen LogP contribution in [0.1, 0.15) is 27.7 Å². The highest BCUT2D eigenvalue weighted by Gasteiger charge is 2.29. The monoisotopic (exact) mass is 347 g/mol. The molecular formula is C20H21N5O. The van der Waals surface area contributed by atoms with Gasteiger partial charge in [-0.1, -0.05) is 36.4 Å². The molecule has 1 aliphatic heterocycles. The van der Waals surface area contributed by atoms with Crippen LogP contribution in [0.4, 0.5) is 5.82 Å². The number of carbonyl (C=O) groups is 1. The van der Waals surface area contributed by atoms with Crippen LogP contribution in [-0.2, 0) is 0 Å². The number of carbonyl (C=O) groups excluding carboxylic acids is 1. The van der Waals surface area contributed by atoms with Gasteiger partial charge in [0.2, 0.25) is 0 Å². The fraction of sp³-hybridized carbons (Fsp3) is 0.250. The first-order valence-corrected chi connectivity index (χ1v) is 8.73. The number of rotatable bonds is 4. The highest BCUT2D eigenvalue weighted by Crippen LogP contribution is 2.29. The summed E-state index contributed by atoms with van der Waals surface area (Å²) in [5, 5.41) is 7.84. The molecule has 4 rings (SSSR count). The third kappa shape index (κ3) is 2.99. The number of fused-ring (bicyclic) bond motifs is 1. The normalized spacial score (nSPS) is 19.6. The molecule has 2 heterocycles. The van der Waals surface area contributed by atoms with Gasteiger partial charge in [-0.25, -0.2) is 9.97 Å². The summed E-state index contributed by atoms with van der Waals surface area (Å²) in [6.45, 7) is 3.58. The van der Waals surface area contributed by atoms with Gasteiger partial charge in [-0.2, -0.15) is 0 Å². The lowest BCUT2D eigenvalue weighted by molar-refractivity contribution is 0.100. The summed E-state index contributed by atoms with van der Waals surface area (Å²) in [6, 6.07) is 16.1. The quantitative estimate of drug-likeness (QED) is 0.673. The number of aryl methyl sites for hydroxylation is 1. The topological polar surface area (TPSA) is 92.9 Å². The van der Waals surface area contributed by atoms with E-state index in [4.69, 9.17) is 5.73 Å². The molecular weight excluding hydrogens is 326 g/mol. The molecule has 132 valence electrons. The zero-order valence-electron chi connectivity index (χ0n) is 14.6. The van der Waals surface area contributed by atoms with Crippen LogP contribution < -0.4 is 16.4 Å². The van der Waals surface area contributed by atoms with Crippen LogP contribution >= 0.6 is 0 Å². The molecule has 6 nitrogen and oxygen atoms in total. The molecule has 1 fully saturated rings. The summed E-state index contributed by atoms with van der Waals surface area (Å²) in [5.41, 5.74) is 7.82. The number of aromatic nitrogens is 2. The summed E-state index contributed by atoms with van der Waals surface area (Å²) in [7, 11) is 0. The minimum atomic E-state index is -0.482. The van der Waals surface area contributed by atoms with Gasteiger partial charge in [0.25, 0.3) is 5.91 Å². The number of hydrogen-bond acceptors (Lipinski definition) is 5. The van der Waals surface area contributed by atoms with Crippen molar-refractivity contribution < 1.29 is 4.79 Å². The maximum atomic E-state index is 11.8. The summed E-state index contributed by atoms with van der Waals surface area (Å²) in [5.74, 6) is 1.21. The fourth-order valence-electron chi connectivity index (χ4n) is 3.63. The second-order valence-electron chi connectivity index (χ2n) is 6.61. The first kappa shape index (κ1) is 16.5. The van der Waals surface area contributed by atoms with Crippen LogP contribution in [0.5, 0.6) is 0 Å². The highest BCUT2D eigenvalue weighted by molar-refractivity contribution is 6.07. The Morgan fingerprint density at radius 3 is 2.69 bits per heavy atom. The average molecular weight is 347 g/mol. The van der Waals surface area contributed by atoms with Gasteiger partial charge < -0.3 is 16.4 Å². The SMILES string of the molecule is Cc1nc(NC2CNCC2c2ccccc2)c2cccc(C(N)=O)c2n1. The van der Waals surface area contributed by atoms with Gasteiger partial charge in [0.15, 0.2) is 0 Å². The molecule has 1 aromatic heterocycles. The largest absolute Gasteiger partial charge is 0.366 e. The Labute approximate surface area is 151 Å². The van der Waals surface area contributed by atoms with Gasteiger partial charge in [-0.15, -0.1) is 0 Å². The van der Waals surface area contributed by atoms with E-state index in [1.165, 1.54) is 5.56 Å². The van der Waals surface area contributed by atoms with Gasteiger partial charge in [0.05, 0.1) is 11.1 Å². The van der Waals surface area contributed by atoms with Gasteiger partial charge >= 0.3 is 0 Å². The number of nitrogens with two attached hydrogens (primary N) is 1. The van der Waals surface area contributed by atoms with Crippen LogP contribution in [0.25, 0.3) is 10.9 Å². The van der Waals surface area contributed by atoms with Crippen LogP contribution in [0.3, 0.4) is 0 Å². The van der Waals surface area contributed by atoms with Crippen molar-refractivity contribution >= 4 is 22.6 Å². The Kier molecular flexibility index (Phi) is 4.26. The number of amides is 1. The highest BCUT2D eigenvalue weighted by atomic mass is 16.1. The minimum absolute atomic E-state index is 0.201. The van der Waals surface area contributed by atoms with E-state index in [1.807, 2.05) is 25.1 Å². The Balaban J connectivity index is 1.73. The summed E-state index contributed by atoms with van der Waals surface area (Å²) in [6.07, 6.45) is 0. The van der Waals surface area contributed by atoms with Crippen molar-refractivity contribution in [2.45, 2.75) is 18.9 Å². The van der Waals surface area contributed by atoms with E-state index in [-0.39, 0.29) is 6.04 Å². The molecule has 2 atom stereocenters. The molecule has 1 aliphatic rings. The Morgan fingerprint density at radius 2 is 1.92 bits per heavy atom. The van der Waals surface area contributed by atoms with E-state index >= 15 is 0 Å². The molecule has 0 spiro atoms. The van der Waals surface area contributed by atoms with Crippen LogP contribution in [0, 0.1) is 6.92 Å². The lowest BCUT2D eigenvalue weighted by Gasteiger charge is -2.22. The third-order valence-electron chi connectivity index (χ3n) is 4.87. The van der Waals surface area contributed by atoms with Gasteiger partial charge in [-0.05, 0) is 24.6 Å². The maximum absolute atomic E-state index is 11.8. The van der Waals surface area contributed by atoms with Crippen LogP contribution in [-0.4, -0.2) is 35.0 Å². The molecule has 2 unspecified atom stereocenters. The predicted molar refractivity (Wildman–Crippen MR) is 102 cm³/mol. The van der Waals surface area contributed by atoms with Crippen molar-refractivity contribution in [3.63, 3.8) is 0 Å². The molecule has 0 aliphatic carbocycles. The van der Waals surface area contributed by atoms with E-state index in [1.54, 1.807) is 6.07 Å². The molecule has 0 bridgehead atoms. The second-order valence-corrected chi connectivity index (χ2v) is 6.61. The number of primary amides is 1. The molecule has 0 radical (unpaired) electrons. The van der Waals surface area contributed by atoms with Gasteiger partial charge in [0.1, 0.15) is 11.6 Å². The Bertz CT molecular complexity index is 957. The lowest BCUT2D eigenvalue weighted by atomic mass is 9.94. The molecule has 4 N–H and O–H groups in total. The van der Waals surface area contributed by atoms with Crippen LogP contribution in [0.15, 0.2) is 48.5 Å². The van der Waals surface area contributed by atoms with E-state index in [2.05, 4.69) is 44.9 Å². The standard InChI is InChI=1S/C20H21N5O/c1-12-23-18-14(19(21)26)8-5-9-15(18)20(24-12)25-17-11-22-10-16(17)13-6-3-2-4-7-13/h2-9,16-17,22H,10-11H2,1H3,(H2,21,26)(H,23,24,25). The van der Waals surface area contributed by atoms with Crippen LogP contribution in [0.2, 0.25) is 0 Å². The lowest BCUT2D eigenvalue weighted by Crippen LogP contribution is -2.28. The zero-order valence-corrected chi connectivity index (χ0v) is 14.6. The van der Waals surface area contributed by atoms with Crippen molar-refractivity contribution in [2.24, 2.45) is 5.73 Å². The zero-order chi connectivity index (χ0) is 18.1. The van der Waals surface area contributed by atoms with Crippen molar-refractivity contribution in [2.75, 3.05) is 18.4 Å². The molecule has 6 heteroatoms. The number of hydrogen-bond donors (Lipinski definition) is 3. The smallest absolute Gasteiger partial charge is 0.250 e. The summed E-state index contributed by atoms with van der Waals surface area (Å²) >= 11 is 0. The van der Waals surface area contributed by atoms with Gasteiger partial charge in [0, 0.05) is 30.4 Å². The third-order valence-corrected chi connectivity index (χ3v) is 4.87. The van der Waals surface area contributed by atoms with E-state index in [9.17, 15) is 4.79 Å². The molecule has 1 amide bonds. The molecule has 2 aromatic carbocycles. The molecule has 1 saturated heterocycles. The van der Waals surface area contributed by atoms with Crippen molar-refractivity contribution in [1.82, 2.24) is 15.3 Å². The number of benzene rings is 2.